The maximum Gasteiger partial charge on any atom is 0.0279 e. The van der Waals surface area contributed by atoms with E-state index in [1.165, 1.54) is 42.4 Å². The van der Waals surface area contributed by atoms with Crippen molar-refractivity contribution in [3.05, 3.63) is 34.9 Å². The van der Waals surface area contributed by atoms with E-state index in [1.807, 2.05) is 0 Å². The fraction of sp³-hybridized carbons (Fsp3) is 0.647. The van der Waals surface area contributed by atoms with Crippen molar-refractivity contribution in [2.24, 2.45) is 17.7 Å². The van der Waals surface area contributed by atoms with Crippen LogP contribution in [-0.4, -0.2) is 6.04 Å². The molecule has 1 aromatic rings. The smallest absolute Gasteiger partial charge is 0.0279 e. The third kappa shape index (κ3) is 3.37. The molecule has 19 heavy (non-hydrogen) atoms. The first kappa shape index (κ1) is 14.5. The van der Waals surface area contributed by atoms with Gasteiger partial charge in [-0.2, -0.15) is 0 Å². The van der Waals surface area contributed by atoms with Gasteiger partial charge in [0.2, 0.25) is 0 Å². The topological polar surface area (TPSA) is 38.0 Å². The molecule has 0 aromatic heterocycles. The highest BCUT2D eigenvalue weighted by Gasteiger charge is 2.29. The molecule has 106 valence electrons. The Hall–Kier alpha value is -0.860. The van der Waals surface area contributed by atoms with Gasteiger partial charge < -0.3 is 0 Å². The summed E-state index contributed by atoms with van der Waals surface area (Å²) >= 11 is 0. The fourth-order valence-electron chi connectivity index (χ4n) is 3.60. The van der Waals surface area contributed by atoms with Crippen molar-refractivity contribution in [2.45, 2.75) is 58.9 Å². The molecule has 1 aromatic carbocycles. The number of aryl methyl sites for hydroxylation is 2. The molecule has 1 fully saturated rings. The summed E-state index contributed by atoms with van der Waals surface area (Å²) in [6, 6.07) is 6.98. The SMILES string of the molecule is CCC1CCC(C(Cc2c(C)cccc2C)NN)C1. The zero-order valence-corrected chi connectivity index (χ0v) is 12.6. The van der Waals surface area contributed by atoms with Crippen molar-refractivity contribution in [1.29, 1.82) is 0 Å². The summed E-state index contributed by atoms with van der Waals surface area (Å²) in [4.78, 5) is 0. The van der Waals surface area contributed by atoms with Gasteiger partial charge in [0.1, 0.15) is 0 Å². The molecule has 0 heterocycles. The van der Waals surface area contributed by atoms with Gasteiger partial charge in [-0.05, 0) is 61.6 Å². The highest BCUT2D eigenvalue weighted by Crippen LogP contribution is 2.36. The molecule has 3 N–H and O–H groups in total. The molecule has 1 aliphatic carbocycles. The Labute approximate surface area is 117 Å². The monoisotopic (exact) mass is 260 g/mol. The summed E-state index contributed by atoms with van der Waals surface area (Å²) in [6.45, 7) is 6.72. The number of benzene rings is 1. The van der Waals surface area contributed by atoms with Gasteiger partial charge in [0, 0.05) is 6.04 Å². The molecule has 0 amide bonds. The Kier molecular flexibility index (Phi) is 5.00. The molecule has 2 nitrogen and oxygen atoms in total. The van der Waals surface area contributed by atoms with E-state index in [1.54, 1.807) is 0 Å². The lowest BCUT2D eigenvalue weighted by Crippen LogP contribution is -2.42. The van der Waals surface area contributed by atoms with E-state index in [4.69, 9.17) is 5.84 Å². The van der Waals surface area contributed by atoms with Crippen LogP contribution >= 0.6 is 0 Å². The molecule has 2 heteroatoms. The average Bonchev–Trinajstić information content (AvgIpc) is 2.87. The minimum absolute atomic E-state index is 0.427. The molecule has 3 atom stereocenters. The fourth-order valence-corrected chi connectivity index (χ4v) is 3.60. The van der Waals surface area contributed by atoms with Crippen molar-refractivity contribution in [2.75, 3.05) is 0 Å². The van der Waals surface area contributed by atoms with Crippen LogP contribution in [-0.2, 0) is 6.42 Å². The molecular weight excluding hydrogens is 232 g/mol. The van der Waals surface area contributed by atoms with Gasteiger partial charge in [-0.3, -0.25) is 11.3 Å². The minimum atomic E-state index is 0.427. The number of rotatable bonds is 5. The summed E-state index contributed by atoms with van der Waals surface area (Å²) in [5.41, 5.74) is 7.36. The molecular formula is C17H28N2. The molecule has 0 radical (unpaired) electrons. The van der Waals surface area contributed by atoms with Crippen molar-refractivity contribution >= 4 is 0 Å². The molecule has 2 rings (SSSR count). The Morgan fingerprint density at radius 3 is 2.47 bits per heavy atom. The predicted octanol–water partition coefficient (Wildman–Crippen LogP) is 3.50. The van der Waals surface area contributed by atoms with Crippen molar-refractivity contribution < 1.29 is 0 Å². The second-order valence-electron chi connectivity index (χ2n) is 6.20. The van der Waals surface area contributed by atoms with Crippen molar-refractivity contribution in [1.82, 2.24) is 5.43 Å². The first-order valence-corrected chi connectivity index (χ1v) is 7.66. The van der Waals surface area contributed by atoms with Gasteiger partial charge in [-0.1, -0.05) is 38.0 Å². The molecule has 0 spiro atoms. The number of nitrogens with two attached hydrogens (primary N) is 1. The standard InChI is InChI=1S/C17H28N2/c1-4-14-8-9-15(10-14)17(19-18)11-16-12(2)6-5-7-13(16)3/h5-7,14-15,17,19H,4,8-11,18H2,1-3H3. The second-order valence-corrected chi connectivity index (χ2v) is 6.20. The lowest BCUT2D eigenvalue weighted by molar-refractivity contribution is 0.347. The Morgan fingerprint density at radius 1 is 1.26 bits per heavy atom. The Bertz CT molecular complexity index is 393. The maximum atomic E-state index is 5.84. The average molecular weight is 260 g/mol. The van der Waals surface area contributed by atoms with Crippen LogP contribution in [0.2, 0.25) is 0 Å². The molecule has 1 saturated carbocycles. The Morgan fingerprint density at radius 2 is 1.95 bits per heavy atom. The summed E-state index contributed by atoms with van der Waals surface area (Å²) < 4.78 is 0. The van der Waals surface area contributed by atoms with Crippen LogP contribution < -0.4 is 11.3 Å². The quantitative estimate of drug-likeness (QED) is 0.628. The van der Waals surface area contributed by atoms with Crippen LogP contribution in [0, 0.1) is 25.7 Å². The Balaban J connectivity index is 2.07. The minimum Gasteiger partial charge on any atom is -0.271 e. The van der Waals surface area contributed by atoms with Crippen molar-refractivity contribution in [3.8, 4) is 0 Å². The molecule has 1 aliphatic rings. The van der Waals surface area contributed by atoms with Gasteiger partial charge >= 0.3 is 0 Å². The number of hydrogen-bond acceptors (Lipinski definition) is 2. The largest absolute Gasteiger partial charge is 0.271 e. The van der Waals surface area contributed by atoms with Gasteiger partial charge in [-0.15, -0.1) is 0 Å². The lowest BCUT2D eigenvalue weighted by Gasteiger charge is -2.24. The van der Waals surface area contributed by atoms with Gasteiger partial charge in [0.25, 0.3) is 0 Å². The van der Waals surface area contributed by atoms with Crippen LogP contribution in [0.15, 0.2) is 18.2 Å². The number of hydrogen-bond donors (Lipinski definition) is 2. The van der Waals surface area contributed by atoms with E-state index < -0.39 is 0 Å². The van der Waals surface area contributed by atoms with Gasteiger partial charge in [-0.25, -0.2) is 0 Å². The highest BCUT2D eigenvalue weighted by atomic mass is 15.2. The van der Waals surface area contributed by atoms with E-state index in [0.717, 1.165) is 18.3 Å². The van der Waals surface area contributed by atoms with Crippen molar-refractivity contribution in [3.63, 3.8) is 0 Å². The molecule has 0 bridgehead atoms. The van der Waals surface area contributed by atoms with Crippen LogP contribution in [0.1, 0.15) is 49.3 Å². The summed E-state index contributed by atoms with van der Waals surface area (Å²) in [5, 5.41) is 0. The van der Waals surface area contributed by atoms with Crippen LogP contribution in [0.4, 0.5) is 0 Å². The molecule has 3 unspecified atom stereocenters. The zero-order chi connectivity index (χ0) is 13.8. The van der Waals surface area contributed by atoms with E-state index in [-0.39, 0.29) is 0 Å². The first-order chi connectivity index (χ1) is 9.15. The highest BCUT2D eigenvalue weighted by molar-refractivity contribution is 5.34. The van der Waals surface area contributed by atoms with Gasteiger partial charge in [0.05, 0.1) is 0 Å². The molecule has 0 aliphatic heterocycles. The summed E-state index contributed by atoms with van der Waals surface area (Å²) in [5.74, 6) is 7.50. The summed E-state index contributed by atoms with van der Waals surface area (Å²) in [7, 11) is 0. The van der Waals surface area contributed by atoms with Crippen LogP contribution in [0.5, 0.6) is 0 Å². The molecule has 0 saturated heterocycles. The van der Waals surface area contributed by atoms with Crippen LogP contribution in [0.3, 0.4) is 0 Å². The third-order valence-corrected chi connectivity index (χ3v) is 5.01. The lowest BCUT2D eigenvalue weighted by atomic mass is 9.88. The third-order valence-electron chi connectivity index (χ3n) is 5.01. The number of hydrazine groups is 1. The van der Waals surface area contributed by atoms with Gasteiger partial charge in [0.15, 0.2) is 0 Å². The second kappa shape index (κ2) is 6.53. The van der Waals surface area contributed by atoms with E-state index in [2.05, 4.69) is 44.4 Å². The van der Waals surface area contributed by atoms with E-state index in [9.17, 15) is 0 Å². The maximum absolute atomic E-state index is 5.84. The number of nitrogens with one attached hydrogen (secondary N) is 1. The summed E-state index contributed by atoms with van der Waals surface area (Å²) in [6.07, 6.45) is 6.44. The first-order valence-electron chi connectivity index (χ1n) is 7.66. The van der Waals surface area contributed by atoms with E-state index >= 15 is 0 Å². The zero-order valence-electron chi connectivity index (χ0n) is 12.6. The normalized spacial score (nSPS) is 24.6. The van der Waals surface area contributed by atoms with Crippen LogP contribution in [0.25, 0.3) is 0 Å². The van der Waals surface area contributed by atoms with E-state index in [0.29, 0.717) is 6.04 Å². The predicted molar refractivity (Wildman–Crippen MR) is 81.9 cm³/mol.